The van der Waals surface area contributed by atoms with Gasteiger partial charge in [0.15, 0.2) is 0 Å². The highest BCUT2D eigenvalue weighted by Crippen LogP contribution is 2.27. The minimum atomic E-state index is -0.461. The molecule has 2 N–H and O–H groups in total. The Kier molecular flexibility index (Phi) is 7.65. The Bertz CT molecular complexity index is 588. The van der Waals surface area contributed by atoms with Gasteiger partial charge in [-0.25, -0.2) is 4.79 Å². The van der Waals surface area contributed by atoms with Crippen molar-refractivity contribution in [2.75, 3.05) is 39.9 Å². The van der Waals surface area contributed by atoms with Crippen LogP contribution in [0.15, 0.2) is 24.3 Å². The molecule has 6 nitrogen and oxygen atoms in total. The molecule has 2 atom stereocenters. The number of benzene rings is 1. The molecule has 1 aromatic carbocycles. The summed E-state index contributed by atoms with van der Waals surface area (Å²) in [6, 6.07) is 8.85. The van der Waals surface area contributed by atoms with Crippen molar-refractivity contribution in [2.24, 2.45) is 5.73 Å². The fourth-order valence-corrected chi connectivity index (χ4v) is 3.35. The van der Waals surface area contributed by atoms with Gasteiger partial charge in [-0.2, -0.15) is 0 Å². The maximum absolute atomic E-state index is 12.3. The average Bonchev–Trinajstić information content (AvgIpc) is 2.61. The van der Waals surface area contributed by atoms with Crippen molar-refractivity contribution >= 4 is 6.09 Å². The Morgan fingerprint density at radius 1 is 1.11 bits per heavy atom. The minimum Gasteiger partial charge on any atom is -0.444 e. The molecule has 0 spiro atoms. The normalized spacial score (nSPS) is 18.2. The molecule has 152 valence electrons. The number of methoxy groups -OCH3 is 1. The molecule has 1 heterocycles. The third-order valence-corrected chi connectivity index (χ3v) is 4.85. The highest BCUT2D eigenvalue weighted by molar-refractivity contribution is 5.68. The summed E-state index contributed by atoms with van der Waals surface area (Å²) in [6.07, 6.45) is 0.692. The Balaban J connectivity index is 2.02. The van der Waals surface area contributed by atoms with Gasteiger partial charge in [0.25, 0.3) is 0 Å². The number of nitrogens with two attached hydrogens (primary N) is 1. The zero-order chi connectivity index (χ0) is 20.0. The summed E-state index contributed by atoms with van der Waals surface area (Å²) in [5.74, 6) is 0. The van der Waals surface area contributed by atoms with Crippen LogP contribution in [0.4, 0.5) is 4.79 Å². The van der Waals surface area contributed by atoms with Crippen LogP contribution in [0.2, 0.25) is 0 Å². The van der Waals surface area contributed by atoms with Crippen molar-refractivity contribution in [1.82, 2.24) is 9.80 Å². The van der Waals surface area contributed by atoms with E-state index in [1.807, 2.05) is 27.7 Å². The van der Waals surface area contributed by atoms with E-state index in [4.69, 9.17) is 15.2 Å². The molecule has 0 bridgehead atoms. The lowest BCUT2D eigenvalue weighted by molar-refractivity contribution is 0.00830. The van der Waals surface area contributed by atoms with Crippen molar-refractivity contribution in [1.29, 1.82) is 0 Å². The van der Waals surface area contributed by atoms with E-state index in [1.54, 1.807) is 12.0 Å². The summed E-state index contributed by atoms with van der Waals surface area (Å²) in [7, 11) is 1.73. The number of piperazine rings is 1. The summed E-state index contributed by atoms with van der Waals surface area (Å²) < 4.78 is 10.8. The van der Waals surface area contributed by atoms with Gasteiger partial charge in [-0.3, -0.25) is 4.90 Å². The highest BCUT2D eigenvalue weighted by atomic mass is 16.6. The number of ether oxygens (including phenoxy) is 2. The molecule has 1 aliphatic rings. The fraction of sp³-hybridized carbons (Fsp3) is 0.667. The van der Waals surface area contributed by atoms with Crippen LogP contribution in [-0.4, -0.2) is 61.4 Å². The van der Waals surface area contributed by atoms with Crippen LogP contribution in [0.1, 0.15) is 57.3 Å². The third-order valence-electron chi connectivity index (χ3n) is 4.85. The van der Waals surface area contributed by atoms with Gasteiger partial charge < -0.3 is 20.1 Å². The number of carbonyl (C=O) groups excluding carboxylic acids is 1. The van der Waals surface area contributed by atoms with E-state index >= 15 is 0 Å². The fourth-order valence-electron chi connectivity index (χ4n) is 3.35. The molecule has 1 aromatic rings. The zero-order valence-electron chi connectivity index (χ0n) is 17.4. The van der Waals surface area contributed by atoms with Gasteiger partial charge in [0, 0.05) is 52.0 Å². The third kappa shape index (κ3) is 6.48. The molecule has 0 aliphatic carbocycles. The summed E-state index contributed by atoms with van der Waals surface area (Å²) in [4.78, 5) is 16.5. The Labute approximate surface area is 163 Å². The van der Waals surface area contributed by atoms with E-state index in [-0.39, 0.29) is 18.2 Å². The van der Waals surface area contributed by atoms with E-state index in [0.717, 1.165) is 25.1 Å². The molecule has 1 aliphatic heterocycles. The van der Waals surface area contributed by atoms with Crippen LogP contribution in [-0.2, 0) is 9.47 Å². The minimum absolute atomic E-state index is 0.0360. The molecule has 0 aromatic heterocycles. The lowest BCUT2D eigenvalue weighted by atomic mass is 9.98. The summed E-state index contributed by atoms with van der Waals surface area (Å²) in [5.41, 5.74) is 7.91. The van der Waals surface area contributed by atoms with E-state index in [9.17, 15) is 4.79 Å². The molecule has 1 saturated heterocycles. The van der Waals surface area contributed by atoms with E-state index in [0.29, 0.717) is 19.7 Å². The van der Waals surface area contributed by atoms with Gasteiger partial charge in [0.2, 0.25) is 0 Å². The van der Waals surface area contributed by atoms with Crippen LogP contribution >= 0.6 is 0 Å². The predicted octanol–water partition coefficient (Wildman–Crippen LogP) is 3.34. The van der Waals surface area contributed by atoms with Crippen LogP contribution in [0.3, 0.4) is 0 Å². The first-order valence-corrected chi connectivity index (χ1v) is 9.77. The molecule has 0 saturated carbocycles. The summed E-state index contributed by atoms with van der Waals surface area (Å²) >= 11 is 0. The van der Waals surface area contributed by atoms with Crippen molar-refractivity contribution in [2.45, 2.75) is 51.8 Å². The van der Waals surface area contributed by atoms with Crippen molar-refractivity contribution in [3.05, 3.63) is 35.4 Å². The quantitative estimate of drug-likeness (QED) is 0.823. The van der Waals surface area contributed by atoms with Gasteiger partial charge in [-0.15, -0.1) is 0 Å². The number of amides is 1. The monoisotopic (exact) mass is 377 g/mol. The van der Waals surface area contributed by atoms with Crippen LogP contribution < -0.4 is 5.73 Å². The summed E-state index contributed by atoms with van der Waals surface area (Å²) in [5, 5.41) is 0. The second-order valence-electron chi connectivity index (χ2n) is 8.26. The first kappa shape index (κ1) is 21.7. The second-order valence-corrected chi connectivity index (χ2v) is 8.26. The number of hydrogen-bond donors (Lipinski definition) is 1. The first-order valence-electron chi connectivity index (χ1n) is 9.77. The van der Waals surface area contributed by atoms with E-state index in [1.165, 1.54) is 5.56 Å². The molecular formula is C21H35N3O3. The molecule has 1 amide bonds. The topological polar surface area (TPSA) is 68.0 Å². The zero-order valence-corrected chi connectivity index (χ0v) is 17.4. The van der Waals surface area contributed by atoms with Gasteiger partial charge in [-0.1, -0.05) is 24.3 Å². The predicted molar refractivity (Wildman–Crippen MR) is 108 cm³/mol. The van der Waals surface area contributed by atoms with Crippen LogP contribution in [0.5, 0.6) is 0 Å². The highest BCUT2D eigenvalue weighted by Gasteiger charge is 2.29. The lowest BCUT2D eigenvalue weighted by Gasteiger charge is -2.39. The van der Waals surface area contributed by atoms with Crippen molar-refractivity contribution in [3.8, 4) is 0 Å². The largest absolute Gasteiger partial charge is 0.444 e. The molecule has 2 rings (SSSR count). The van der Waals surface area contributed by atoms with E-state index < -0.39 is 5.60 Å². The van der Waals surface area contributed by atoms with Gasteiger partial charge in [-0.05, 0) is 45.2 Å². The maximum Gasteiger partial charge on any atom is 0.410 e. The first-order chi connectivity index (χ1) is 12.7. The smallest absolute Gasteiger partial charge is 0.410 e. The lowest BCUT2D eigenvalue weighted by Crippen LogP contribution is -2.51. The maximum atomic E-state index is 12.3. The van der Waals surface area contributed by atoms with Gasteiger partial charge in [0.1, 0.15) is 5.60 Å². The van der Waals surface area contributed by atoms with Crippen LogP contribution in [0, 0.1) is 0 Å². The second kappa shape index (κ2) is 9.53. The Morgan fingerprint density at radius 3 is 2.15 bits per heavy atom. The van der Waals surface area contributed by atoms with Crippen LogP contribution in [0.25, 0.3) is 0 Å². The summed E-state index contributed by atoms with van der Waals surface area (Å²) in [6.45, 7) is 11.4. The molecular weight excluding hydrogens is 342 g/mol. The Hall–Kier alpha value is -1.63. The Morgan fingerprint density at radius 2 is 1.67 bits per heavy atom. The molecule has 27 heavy (non-hydrogen) atoms. The number of rotatable bonds is 6. The number of hydrogen-bond acceptors (Lipinski definition) is 5. The standard InChI is InChI=1S/C21H35N3O3/c1-16(22)17-6-8-18(9-7-17)19(10-15-26-5)23-11-13-24(14-12-23)20(25)27-21(2,3)4/h6-9,16,19H,10-15,22H2,1-5H3. The average molecular weight is 378 g/mol. The molecule has 6 heteroatoms. The van der Waals surface area contributed by atoms with Gasteiger partial charge >= 0.3 is 6.09 Å². The van der Waals surface area contributed by atoms with Gasteiger partial charge in [0.05, 0.1) is 0 Å². The molecule has 2 unspecified atom stereocenters. The van der Waals surface area contributed by atoms with E-state index in [2.05, 4.69) is 29.2 Å². The SMILES string of the molecule is COCCC(c1ccc(C(C)N)cc1)N1CCN(C(=O)OC(C)(C)C)CC1. The molecule has 1 fully saturated rings. The van der Waals surface area contributed by atoms with Crippen molar-refractivity contribution < 1.29 is 14.3 Å². The molecule has 0 radical (unpaired) electrons. The number of carbonyl (C=O) groups is 1. The van der Waals surface area contributed by atoms with Crippen molar-refractivity contribution in [3.63, 3.8) is 0 Å². The number of nitrogens with zero attached hydrogens (tertiary/aromatic N) is 2.